The highest BCUT2D eigenvalue weighted by Gasteiger charge is 2.14. The van der Waals surface area contributed by atoms with Crippen LogP contribution >= 0.6 is 11.6 Å². The fraction of sp³-hybridized carbons (Fsp3) is 0.455. The van der Waals surface area contributed by atoms with Crippen LogP contribution in [0, 0.1) is 0 Å². The van der Waals surface area contributed by atoms with E-state index in [1.165, 1.54) is 5.56 Å². The Morgan fingerprint density at radius 3 is 2.43 bits per heavy atom. The van der Waals surface area contributed by atoms with Crippen molar-refractivity contribution >= 4 is 11.6 Å². The maximum atomic E-state index is 5.79. The van der Waals surface area contributed by atoms with Gasteiger partial charge in [0, 0.05) is 11.4 Å². The molecule has 2 rings (SSSR count). The fourth-order valence-electron chi connectivity index (χ4n) is 1.51. The molecule has 0 N–H and O–H groups in total. The van der Waals surface area contributed by atoms with Crippen molar-refractivity contribution in [2.45, 2.75) is 19.1 Å². The number of ether oxygens (including phenoxy) is 2. The number of rotatable bonds is 3. The van der Waals surface area contributed by atoms with E-state index in [9.17, 15) is 0 Å². The van der Waals surface area contributed by atoms with Crippen molar-refractivity contribution in [2.75, 3.05) is 13.2 Å². The Morgan fingerprint density at radius 2 is 1.79 bits per heavy atom. The molecule has 0 aromatic heterocycles. The fourth-order valence-corrected chi connectivity index (χ4v) is 1.64. The van der Waals surface area contributed by atoms with Gasteiger partial charge in [0.25, 0.3) is 0 Å². The molecule has 1 aromatic carbocycles. The SMILES string of the molecule is Clc1ccc(CCC2OCCO2)cc1. The first kappa shape index (κ1) is 9.97. The number of halogens is 1. The molecule has 1 saturated heterocycles. The Balaban J connectivity index is 1.82. The van der Waals surface area contributed by atoms with Crippen LogP contribution in [-0.4, -0.2) is 19.5 Å². The predicted octanol–water partition coefficient (Wildman–Crippen LogP) is 2.65. The van der Waals surface area contributed by atoms with E-state index in [1.54, 1.807) is 0 Å². The third kappa shape index (κ3) is 2.71. The summed E-state index contributed by atoms with van der Waals surface area (Å²) in [7, 11) is 0. The van der Waals surface area contributed by atoms with E-state index in [-0.39, 0.29) is 6.29 Å². The Morgan fingerprint density at radius 1 is 1.14 bits per heavy atom. The van der Waals surface area contributed by atoms with Crippen molar-refractivity contribution in [2.24, 2.45) is 0 Å². The summed E-state index contributed by atoms with van der Waals surface area (Å²) in [6, 6.07) is 7.90. The zero-order chi connectivity index (χ0) is 9.80. The molecule has 1 heterocycles. The molecule has 1 fully saturated rings. The minimum Gasteiger partial charge on any atom is -0.350 e. The van der Waals surface area contributed by atoms with Gasteiger partial charge in [0.1, 0.15) is 0 Å². The van der Waals surface area contributed by atoms with Crippen molar-refractivity contribution < 1.29 is 9.47 Å². The summed E-state index contributed by atoms with van der Waals surface area (Å²) in [5.41, 5.74) is 1.27. The Hall–Kier alpha value is -0.570. The molecule has 14 heavy (non-hydrogen) atoms. The third-order valence-corrected chi connectivity index (χ3v) is 2.52. The van der Waals surface area contributed by atoms with Gasteiger partial charge in [0.15, 0.2) is 6.29 Å². The van der Waals surface area contributed by atoms with Gasteiger partial charge in [0.2, 0.25) is 0 Å². The van der Waals surface area contributed by atoms with Gasteiger partial charge in [-0.05, 0) is 24.1 Å². The monoisotopic (exact) mass is 212 g/mol. The van der Waals surface area contributed by atoms with Crippen molar-refractivity contribution in [3.63, 3.8) is 0 Å². The lowest BCUT2D eigenvalue weighted by Gasteiger charge is -2.08. The highest BCUT2D eigenvalue weighted by molar-refractivity contribution is 6.30. The normalized spacial score (nSPS) is 17.5. The number of hydrogen-bond acceptors (Lipinski definition) is 2. The second kappa shape index (κ2) is 4.78. The molecule has 1 aliphatic heterocycles. The van der Waals surface area contributed by atoms with E-state index in [0.29, 0.717) is 0 Å². The lowest BCUT2D eigenvalue weighted by atomic mass is 10.1. The molecular weight excluding hydrogens is 200 g/mol. The van der Waals surface area contributed by atoms with Crippen molar-refractivity contribution in [3.05, 3.63) is 34.9 Å². The minimum atomic E-state index is -0.00863. The standard InChI is InChI=1S/C11H13ClO2/c12-10-4-1-9(2-5-10)3-6-11-13-7-8-14-11/h1-2,4-5,11H,3,6-8H2. The summed E-state index contributed by atoms with van der Waals surface area (Å²) < 4.78 is 10.7. The summed E-state index contributed by atoms with van der Waals surface area (Å²) in [5, 5.41) is 0.780. The highest BCUT2D eigenvalue weighted by Crippen LogP contribution is 2.14. The summed E-state index contributed by atoms with van der Waals surface area (Å²) in [6.07, 6.45) is 1.88. The summed E-state index contributed by atoms with van der Waals surface area (Å²) in [6.45, 7) is 1.45. The Labute approximate surface area is 88.8 Å². The maximum absolute atomic E-state index is 5.79. The second-order valence-electron chi connectivity index (χ2n) is 3.34. The molecule has 0 bridgehead atoms. The topological polar surface area (TPSA) is 18.5 Å². The van der Waals surface area contributed by atoms with E-state index >= 15 is 0 Å². The number of aryl methyl sites for hydroxylation is 1. The van der Waals surface area contributed by atoms with Gasteiger partial charge in [-0.25, -0.2) is 0 Å². The second-order valence-corrected chi connectivity index (χ2v) is 3.77. The molecular formula is C11H13ClO2. The molecule has 1 aliphatic rings. The average molecular weight is 213 g/mol. The quantitative estimate of drug-likeness (QED) is 0.767. The van der Waals surface area contributed by atoms with Gasteiger partial charge in [-0.15, -0.1) is 0 Å². The molecule has 0 atom stereocenters. The first-order valence-corrected chi connectivity index (χ1v) is 5.20. The van der Waals surface area contributed by atoms with Gasteiger partial charge in [-0.1, -0.05) is 23.7 Å². The summed E-state index contributed by atoms with van der Waals surface area (Å²) in [5.74, 6) is 0. The van der Waals surface area contributed by atoms with Crippen LogP contribution < -0.4 is 0 Å². The Bertz CT molecular complexity index is 278. The molecule has 0 saturated carbocycles. The van der Waals surface area contributed by atoms with E-state index < -0.39 is 0 Å². The minimum absolute atomic E-state index is 0.00863. The van der Waals surface area contributed by atoms with E-state index in [1.807, 2.05) is 24.3 Å². The van der Waals surface area contributed by atoms with Crippen molar-refractivity contribution in [1.29, 1.82) is 0 Å². The van der Waals surface area contributed by atoms with E-state index in [2.05, 4.69) is 0 Å². The molecule has 0 spiro atoms. The molecule has 0 unspecified atom stereocenters. The zero-order valence-electron chi connectivity index (χ0n) is 7.91. The van der Waals surface area contributed by atoms with Gasteiger partial charge in [-0.3, -0.25) is 0 Å². The lowest BCUT2D eigenvalue weighted by molar-refractivity contribution is -0.0461. The summed E-state index contributed by atoms with van der Waals surface area (Å²) in [4.78, 5) is 0. The third-order valence-electron chi connectivity index (χ3n) is 2.27. The van der Waals surface area contributed by atoms with Gasteiger partial charge in [-0.2, -0.15) is 0 Å². The van der Waals surface area contributed by atoms with Crippen LogP contribution in [0.2, 0.25) is 5.02 Å². The van der Waals surface area contributed by atoms with Gasteiger partial charge >= 0.3 is 0 Å². The van der Waals surface area contributed by atoms with Crippen LogP contribution in [-0.2, 0) is 15.9 Å². The largest absolute Gasteiger partial charge is 0.350 e. The Kier molecular flexibility index (Phi) is 3.40. The molecule has 0 radical (unpaired) electrons. The van der Waals surface area contributed by atoms with Gasteiger partial charge in [0.05, 0.1) is 13.2 Å². The first-order valence-electron chi connectivity index (χ1n) is 4.82. The summed E-state index contributed by atoms with van der Waals surface area (Å²) >= 11 is 5.79. The number of benzene rings is 1. The number of hydrogen-bond donors (Lipinski definition) is 0. The van der Waals surface area contributed by atoms with Crippen LogP contribution in [0.5, 0.6) is 0 Å². The first-order chi connectivity index (χ1) is 6.84. The van der Waals surface area contributed by atoms with E-state index in [0.717, 1.165) is 31.1 Å². The highest BCUT2D eigenvalue weighted by atomic mass is 35.5. The average Bonchev–Trinajstić information content (AvgIpc) is 2.70. The molecule has 0 aliphatic carbocycles. The molecule has 3 heteroatoms. The zero-order valence-corrected chi connectivity index (χ0v) is 8.67. The predicted molar refractivity (Wildman–Crippen MR) is 55.5 cm³/mol. The maximum Gasteiger partial charge on any atom is 0.158 e. The van der Waals surface area contributed by atoms with Crippen LogP contribution in [0.3, 0.4) is 0 Å². The van der Waals surface area contributed by atoms with Crippen LogP contribution in [0.4, 0.5) is 0 Å². The van der Waals surface area contributed by atoms with Crippen LogP contribution in [0.15, 0.2) is 24.3 Å². The van der Waals surface area contributed by atoms with E-state index in [4.69, 9.17) is 21.1 Å². The lowest BCUT2D eigenvalue weighted by Crippen LogP contribution is -2.08. The molecule has 1 aromatic rings. The molecule has 2 nitrogen and oxygen atoms in total. The van der Waals surface area contributed by atoms with Crippen molar-refractivity contribution in [1.82, 2.24) is 0 Å². The van der Waals surface area contributed by atoms with Crippen molar-refractivity contribution in [3.8, 4) is 0 Å². The molecule has 76 valence electrons. The van der Waals surface area contributed by atoms with Crippen LogP contribution in [0.25, 0.3) is 0 Å². The van der Waals surface area contributed by atoms with Gasteiger partial charge < -0.3 is 9.47 Å². The molecule has 0 amide bonds. The smallest absolute Gasteiger partial charge is 0.158 e. The van der Waals surface area contributed by atoms with Crippen LogP contribution in [0.1, 0.15) is 12.0 Å².